The Labute approximate surface area is 71.4 Å². The lowest BCUT2D eigenvalue weighted by Gasteiger charge is -2.07. The van der Waals surface area contributed by atoms with Gasteiger partial charge in [0, 0.05) is 17.2 Å². The number of allylic oxidation sites excluding steroid dienone is 1. The number of nitrogens with one attached hydrogen (secondary N) is 1. The summed E-state index contributed by atoms with van der Waals surface area (Å²) in [6, 6.07) is 0. The van der Waals surface area contributed by atoms with E-state index in [9.17, 15) is 0 Å². The number of hydrogen-bond donors (Lipinski definition) is 1. The van der Waals surface area contributed by atoms with E-state index in [0.717, 1.165) is 6.54 Å². The van der Waals surface area contributed by atoms with Gasteiger partial charge in [0.25, 0.3) is 0 Å². The molecule has 0 saturated heterocycles. The molecule has 0 saturated carbocycles. The molecule has 0 bridgehead atoms. The highest BCUT2D eigenvalue weighted by Crippen LogP contribution is 2.32. The smallest absolute Gasteiger partial charge is 0.0369 e. The van der Waals surface area contributed by atoms with Crippen molar-refractivity contribution in [2.45, 2.75) is 6.42 Å². The maximum Gasteiger partial charge on any atom is 0.0369 e. The predicted octanol–water partition coefficient (Wildman–Crippen LogP) is 1.92. The Morgan fingerprint density at radius 2 is 2.40 bits per heavy atom. The molecule has 56 valence electrons. The minimum Gasteiger partial charge on any atom is -0.387 e. The lowest BCUT2D eigenvalue weighted by Crippen LogP contribution is -2.12. The van der Waals surface area contributed by atoms with Gasteiger partial charge in [-0.25, -0.2) is 0 Å². The first kappa shape index (κ1) is 8.02. The number of rotatable bonds is 0. The molecule has 0 aromatic rings. The van der Waals surface area contributed by atoms with Gasteiger partial charge in [-0.2, -0.15) is 0 Å². The van der Waals surface area contributed by atoms with Crippen molar-refractivity contribution in [3.05, 3.63) is 22.8 Å². The third kappa shape index (κ3) is 1.32. The van der Waals surface area contributed by atoms with Crippen LogP contribution in [0.4, 0.5) is 0 Å². The van der Waals surface area contributed by atoms with Gasteiger partial charge in [0.1, 0.15) is 0 Å². The van der Waals surface area contributed by atoms with Crippen LogP contribution in [0.1, 0.15) is 6.42 Å². The van der Waals surface area contributed by atoms with E-state index in [-0.39, 0.29) is 12.4 Å². The summed E-state index contributed by atoms with van der Waals surface area (Å²) in [7, 11) is 0. The zero-order valence-electron chi connectivity index (χ0n) is 5.59. The van der Waals surface area contributed by atoms with Crippen LogP contribution in [0.5, 0.6) is 0 Å². The van der Waals surface area contributed by atoms with E-state index >= 15 is 0 Å². The third-order valence-electron chi connectivity index (χ3n) is 1.68. The number of thioether (sulfide) groups is 1. The van der Waals surface area contributed by atoms with Gasteiger partial charge in [0.2, 0.25) is 0 Å². The fraction of sp³-hybridized carbons (Fsp3) is 0.429. The molecular weight excluding hydrogens is 166 g/mol. The maximum absolute atomic E-state index is 3.20. The van der Waals surface area contributed by atoms with Gasteiger partial charge >= 0.3 is 0 Å². The zero-order chi connectivity index (χ0) is 6.10. The average molecular weight is 176 g/mol. The van der Waals surface area contributed by atoms with Crippen molar-refractivity contribution in [2.24, 2.45) is 0 Å². The molecule has 0 aromatic heterocycles. The normalized spacial score (nSPS) is 21.6. The first-order valence-electron chi connectivity index (χ1n) is 3.21. The molecule has 0 radical (unpaired) electrons. The van der Waals surface area contributed by atoms with Gasteiger partial charge < -0.3 is 5.32 Å². The summed E-state index contributed by atoms with van der Waals surface area (Å²) >= 11 is 1.98. The molecule has 0 fully saturated rings. The Kier molecular flexibility index (Phi) is 2.69. The number of hydrogen-bond acceptors (Lipinski definition) is 2. The van der Waals surface area contributed by atoms with Crippen LogP contribution in [0.3, 0.4) is 0 Å². The van der Waals surface area contributed by atoms with Crippen LogP contribution in [-0.2, 0) is 0 Å². The quantitative estimate of drug-likeness (QED) is 0.604. The molecule has 3 heteroatoms. The standard InChI is InChI=1S/C7H9NS.ClH/c1-3-8-5-6-2-4-9-7(1)6;/h1,3,8H,2,4-5H2;1H. The predicted molar refractivity (Wildman–Crippen MR) is 48.5 cm³/mol. The lowest BCUT2D eigenvalue weighted by atomic mass is 10.1. The first-order chi connectivity index (χ1) is 4.47. The van der Waals surface area contributed by atoms with E-state index in [4.69, 9.17) is 0 Å². The maximum atomic E-state index is 3.20. The molecule has 0 amide bonds. The molecular formula is C7H10ClNS. The molecule has 2 rings (SSSR count). The van der Waals surface area contributed by atoms with Crippen molar-refractivity contribution in [3.63, 3.8) is 0 Å². The fourth-order valence-corrected chi connectivity index (χ4v) is 2.28. The monoisotopic (exact) mass is 175 g/mol. The van der Waals surface area contributed by atoms with Gasteiger partial charge in [-0.15, -0.1) is 24.2 Å². The van der Waals surface area contributed by atoms with Crippen LogP contribution in [0.2, 0.25) is 0 Å². The van der Waals surface area contributed by atoms with E-state index in [1.165, 1.54) is 17.1 Å². The largest absolute Gasteiger partial charge is 0.387 e. The van der Waals surface area contributed by atoms with Gasteiger partial charge in [-0.1, -0.05) is 0 Å². The SMILES string of the molecule is C1=CC2=C(CCS2)CN1.Cl. The molecule has 0 atom stereocenters. The van der Waals surface area contributed by atoms with E-state index in [2.05, 4.69) is 11.4 Å². The Morgan fingerprint density at radius 1 is 1.50 bits per heavy atom. The lowest BCUT2D eigenvalue weighted by molar-refractivity contribution is 0.883. The van der Waals surface area contributed by atoms with Gasteiger partial charge in [0.15, 0.2) is 0 Å². The van der Waals surface area contributed by atoms with Crippen LogP contribution in [0.15, 0.2) is 22.8 Å². The second-order valence-electron chi connectivity index (χ2n) is 2.28. The Bertz CT molecular complexity index is 186. The summed E-state index contributed by atoms with van der Waals surface area (Å²) in [4.78, 5) is 1.51. The Morgan fingerprint density at radius 3 is 3.20 bits per heavy atom. The van der Waals surface area contributed by atoms with Gasteiger partial charge in [-0.3, -0.25) is 0 Å². The minimum atomic E-state index is 0. The van der Waals surface area contributed by atoms with Crippen LogP contribution in [0, 0.1) is 0 Å². The summed E-state index contributed by atoms with van der Waals surface area (Å²) in [5.74, 6) is 1.29. The van der Waals surface area contributed by atoms with Crippen LogP contribution >= 0.6 is 24.2 Å². The number of dihydropyridines is 1. The summed E-state index contributed by atoms with van der Waals surface area (Å²) in [6.45, 7) is 1.08. The van der Waals surface area contributed by atoms with E-state index in [0.29, 0.717) is 0 Å². The van der Waals surface area contributed by atoms with Crippen molar-refractivity contribution in [2.75, 3.05) is 12.3 Å². The van der Waals surface area contributed by atoms with E-state index < -0.39 is 0 Å². The molecule has 0 aromatic carbocycles. The number of halogens is 1. The molecule has 2 heterocycles. The highest BCUT2D eigenvalue weighted by atomic mass is 35.5. The topological polar surface area (TPSA) is 12.0 Å². The van der Waals surface area contributed by atoms with Crippen LogP contribution < -0.4 is 5.32 Å². The van der Waals surface area contributed by atoms with E-state index in [1.54, 1.807) is 5.57 Å². The molecule has 2 aliphatic rings. The van der Waals surface area contributed by atoms with Gasteiger partial charge in [-0.05, 0) is 24.3 Å². The average Bonchev–Trinajstić information content (AvgIpc) is 2.33. The molecule has 2 aliphatic heterocycles. The summed E-state index contributed by atoms with van der Waals surface area (Å²) in [6.07, 6.45) is 5.50. The van der Waals surface area contributed by atoms with Crippen LogP contribution in [0.25, 0.3) is 0 Å². The fourth-order valence-electron chi connectivity index (χ4n) is 1.17. The molecule has 0 aliphatic carbocycles. The summed E-state index contributed by atoms with van der Waals surface area (Å²) < 4.78 is 0. The molecule has 1 N–H and O–H groups in total. The summed E-state index contributed by atoms with van der Waals surface area (Å²) in [5, 5.41) is 3.20. The molecule has 10 heavy (non-hydrogen) atoms. The Hall–Kier alpha value is -0.0800. The second kappa shape index (κ2) is 3.35. The minimum absolute atomic E-state index is 0. The van der Waals surface area contributed by atoms with Gasteiger partial charge in [0.05, 0.1) is 0 Å². The third-order valence-corrected chi connectivity index (χ3v) is 2.82. The first-order valence-corrected chi connectivity index (χ1v) is 4.20. The van der Waals surface area contributed by atoms with Crippen molar-refractivity contribution in [3.8, 4) is 0 Å². The second-order valence-corrected chi connectivity index (χ2v) is 3.42. The van der Waals surface area contributed by atoms with Crippen molar-refractivity contribution in [1.29, 1.82) is 0 Å². The highest BCUT2D eigenvalue weighted by molar-refractivity contribution is 8.03. The van der Waals surface area contributed by atoms with E-state index in [1.807, 2.05) is 18.0 Å². The van der Waals surface area contributed by atoms with Crippen molar-refractivity contribution in [1.82, 2.24) is 5.32 Å². The highest BCUT2D eigenvalue weighted by Gasteiger charge is 2.13. The van der Waals surface area contributed by atoms with Crippen LogP contribution in [-0.4, -0.2) is 12.3 Å². The molecule has 0 spiro atoms. The van der Waals surface area contributed by atoms with Crippen molar-refractivity contribution >= 4 is 24.2 Å². The Balaban J connectivity index is 0.000000500. The zero-order valence-corrected chi connectivity index (χ0v) is 7.23. The molecule has 0 unspecified atom stereocenters. The van der Waals surface area contributed by atoms with Crippen molar-refractivity contribution < 1.29 is 0 Å². The molecule has 1 nitrogen and oxygen atoms in total. The summed E-state index contributed by atoms with van der Waals surface area (Å²) in [5.41, 5.74) is 1.60.